The van der Waals surface area contributed by atoms with Crippen molar-refractivity contribution in [2.75, 3.05) is 24.2 Å². The Kier molecular flexibility index (Phi) is 6.56. The van der Waals surface area contributed by atoms with Gasteiger partial charge in [0.25, 0.3) is 0 Å². The van der Waals surface area contributed by atoms with Gasteiger partial charge in [-0.15, -0.1) is 10.2 Å². The van der Waals surface area contributed by atoms with Gasteiger partial charge in [-0.3, -0.25) is 4.68 Å². The zero-order chi connectivity index (χ0) is 22.0. The van der Waals surface area contributed by atoms with Crippen LogP contribution in [0.15, 0.2) is 30.5 Å². The summed E-state index contributed by atoms with van der Waals surface area (Å²) in [5.41, 5.74) is 0.376. The van der Waals surface area contributed by atoms with Gasteiger partial charge < -0.3 is 5.32 Å². The smallest absolute Gasteiger partial charge is 0.213 e. The summed E-state index contributed by atoms with van der Waals surface area (Å²) in [5, 5.41) is 17.7. The van der Waals surface area contributed by atoms with E-state index in [1.807, 2.05) is 0 Å². The lowest BCUT2D eigenvalue weighted by molar-refractivity contribution is 0.315. The van der Waals surface area contributed by atoms with Crippen LogP contribution < -0.4 is 5.32 Å². The number of hydrogen-bond acceptors (Lipinski definition) is 7. The molecular formula is C19H22ClFN6O2S2. The third-order valence-corrected chi connectivity index (χ3v) is 8.39. The van der Waals surface area contributed by atoms with Gasteiger partial charge in [0.2, 0.25) is 15.2 Å². The molecule has 1 N–H and O–H groups in total. The normalized spacial score (nSPS) is 17.7. The van der Waals surface area contributed by atoms with Crippen molar-refractivity contribution in [2.24, 2.45) is 0 Å². The summed E-state index contributed by atoms with van der Waals surface area (Å²) >= 11 is 7.47. The summed E-state index contributed by atoms with van der Waals surface area (Å²) in [5.74, 6) is 0.305. The van der Waals surface area contributed by atoms with E-state index in [-0.39, 0.29) is 24.0 Å². The highest BCUT2D eigenvalue weighted by Crippen LogP contribution is 2.32. The van der Waals surface area contributed by atoms with Crippen LogP contribution in [0, 0.1) is 5.82 Å². The van der Waals surface area contributed by atoms with Crippen molar-refractivity contribution in [1.82, 2.24) is 24.3 Å². The van der Waals surface area contributed by atoms with Crippen LogP contribution in [0.2, 0.25) is 5.02 Å². The van der Waals surface area contributed by atoms with Crippen molar-refractivity contribution >= 4 is 43.9 Å². The first-order valence-electron chi connectivity index (χ1n) is 9.90. The molecule has 0 aliphatic carbocycles. The van der Waals surface area contributed by atoms with Crippen LogP contribution in [-0.2, 0) is 16.6 Å². The highest BCUT2D eigenvalue weighted by atomic mass is 35.5. The van der Waals surface area contributed by atoms with E-state index < -0.39 is 10.0 Å². The predicted octanol–water partition coefficient (Wildman–Crippen LogP) is 3.85. The molecule has 0 radical (unpaired) electrons. The van der Waals surface area contributed by atoms with Crippen molar-refractivity contribution in [3.63, 3.8) is 0 Å². The molecule has 1 aliphatic heterocycles. The molecule has 1 atom stereocenters. The van der Waals surface area contributed by atoms with Crippen molar-refractivity contribution in [1.29, 1.82) is 0 Å². The molecule has 31 heavy (non-hydrogen) atoms. The molecule has 166 valence electrons. The Morgan fingerprint density at radius 1 is 1.32 bits per heavy atom. The maximum absolute atomic E-state index is 14.0. The second-order valence-electron chi connectivity index (χ2n) is 7.27. The predicted molar refractivity (Wildman–Crippen MR) is 119 cm³/mol. The average Bonchev–Trinajstić information content (AvgIpc) is 3.41. The Hall–Kier alpha value is -2.08. The van der Waals surface area contributed by atoms with Gasteiger partial charge in [-0.1, -0.05) is 29.0 Å². The van der Waals surface area contributed by atoms with E-state index in [0.29, 0.717) is 34.6 Å². The van der Waals surface area contributed by atoms with E-state index in [1.54, 1.807) is 40.3 Å². The van der Waals surface area contributed by atoms with Gasteiger partial charge in [0.1, 0.15) is 10.8 Å². The second-order valence-corrected chi connectivity index (χ2v) is 10.9. The van der Waals surface area contributed by atoms with Crippen molar-refractivity contribution in [3.8, 4) is 0 Å². The number of nitrogens with one attached hydrogen (secondary N) is 1. The topological polar surface area (TPSA) is 93.0 Å². The van der Waals surface area contributed by atoms with Gasteiger partial charge in [0.05, 0.1) is 12.3 Å². The van der Waals surface area contributed by atoms with Gasteiger partial charge >= 0.3 is 0 Å². The number of benzene rings is 1. The lowest BCUT2D eigenvalue weighted by atomic mass is 10.0. The van der Waals surface area contributed by atoms with E-state index in [2.05, 4.69) is 20.6 Å². The van der Waals surface area contributed by atoms with Crippen LogP contribution in [0.3, 0.4) is 0 Å². The zero-order valence-electron chi connectivity index (χ0n) is 16.8. The number of nitrogens with zero attached hydrogens (tertiary/aromatic N) is 5. The number of piperidine rings is 1. The molecule has 8 nitrogen and oxygen atoms in total. The average molecular weight is 485 g/mol. The molecule has 0 saturated carbocycles. The minimum atomic E-state index is -3.21. The molecule has 1 aliphatic rings. The molecule has 12 heteroatoms. The molecule has 0 amide bonds. The molecule has 0 spiro atoms. The lowest BCUT2D eigenvalue weighted by Crippen LogP contribution is -2.39. The first kappa shape index (κ1) is 22.1. The Balaban J connectivity index is 1.42. The molecule has 0 bridgehead atoms. The fourth-order valence-electron chi connectivity index (χ4n) is 3.50. The monoisotopic (exact) mass is 484 g/mol. The quantitative estimate of drug-likeness (QED) is 0.547. The van der Waals surface area contributed by atoms with E-state index >= 15 is 0 Å². The van der Waals surface area contributed by atoms with Gasteiger partial charge in [-0.2, -0.15) is 5.10 Å². The van der Waals surface area contributed by atoms with Crippen molar-refractivity contribution in [2.45, 2.75) is 32.2 Å². The summed E-state index contributed by atoms with van der Waals surface area (Å²) in [6, 6.07) is 6.33. The fraction of sp³-hybridized carbons (Fsp3) is 0.421. The molecule has 3 aromatic rings. The maximum Gasteiger partial charge on any atom is 0.213 e. The zero-order valence-corrected chi connectivity index (χ0v) is 19.2. The van der Waals surface area contributed by atoms with Crippen LogP contribution in [0.25, 0.3) is 0 Å². The second kappa shape index (κ2) is 9.19. The molecule has 1 fully saturated rings. The third kappa shape index (κ3) is 5.05. The van der Waals surface area contributed by atoms with Gasteiger partial charge in [-0.25, -0.2) is 17.1 Å². The highest BCUT2D eigenvalue weighted by Gasteiger charge is 2.30. The summed E-state index contributed by atoms with van der Waals surface area (Å²) in [7, 11) is -3.21. The standard InChI is InChI=1S/C19H22ClFN6O2S2/c1-2-31(28,29)27-9-4-5-13(11-27)18-23-24-19(30-18)22-17-8-10-26(25-17)12-14-15(20)6-3-7-16(14)21/h3,6-8,10,13H,2,4-5,9,11-12H2,1H3,(H,22,24,25). The van der Waals surface area contributed by atoms with Crippen LogP contribution in [0.4, 0.5) is 15.3 Å². The Labute approximate surface area is 189 Å². The van der Waals surface area contributed by atoms with Crippen molar-refractivity contribution in [3.05, 3.63) is 51.9 Å². The van der Waals surface area contributed by atoms with Gasteiger partial charge in [0.15, 0.2) is 5.82 Å². The third-order valence-electron chi connectivity index (χ3n) is 5.19. The molecule has 2 aromatic heterocycles. The van der Waals surface area contributed by atoms with E-state index in [9.17, 15) is 12.8 Å². The van der Waals surface area contributed by atoms with Crippen molar-refractivity contribution < 1.29 is 12.8 Å². The summed E-state index contributed by atoms with van der Waals surface area (Å²) in [4.78, 5) is 0. The maximum atomic E-state index is 14.0. The largest absolute Gasteiger partial charge is 0.313 e. The SMILES string of the molecule is CCS(=O)(=O)N1CCCC(c2nnc(Nc3ccn(Cc4c(F)cccc4Cl)n3)s2)C1. The Morgan fingerprint density at radius 2 is 2.16 bits per heavy atom. The molecule has 3 heterocycles. The van der Waals surface area contributed by atoms with Crippen LogP contribution >= 0.6 is 22.9 Å². The first-order chi connectivity index (χ1) is 14.9. The van der Waals surface area contributed by atoms with Crippen LogP contribution in [0.1, 0.15) is 36.3 Å². The highest BCUT2D eigenvalue weighted by molar-refractivity contribution is 7.89. The van der Waals surface area contributed by atoms with Gasteiger partial charge in [0, 0.05) is 41.9 Å². The summed E-state index contributed by atoms with van der Waals surface area (Å²) in [6.45, 7) is 2.85. The van der Waals surface area contributed by atoms with Crippen LogP contribution in [-0.4, -0.2) is 51.5 Å². The molecule has 4 rings (SSSR count). The number of aromatic nitrogens is 4. The lowest BCUT2D eigenvalue weighted by Gasteiger charge is -2.30. The Morgan fingerprint density at radius 3 is 2.94 bits per heavy atom. The summed E-state index contributed by atoms with van der Waals surface area (Å²) in [6.07, 6.45) is 3.40. The minimum absolute atomic E-state index is 0.0314. The summed E-state index contributed by atoms with van der Waals surface area (Å²) < 4.78 is 41.5. The number of hydrogen-bond donors (Lipinski definition) is 1. The van der Waals surface area contributed by atoms with E-state index in [0.717, 1.165) is 17.8 Å². The molecular weight excluding hydrogens is 463 g/mol. The van der Waals surface area contributed by atoms with Crippen LogP contribution in [0.5, 0.6) is 0 Å². The first-order valence-corrected chi connectivity index (χ1v) is 12.7. The molecule has 1 aromatic carbocycles. The molecule has 1 unspecified atom stereocenters. The number of rotatable bonds is 7. The van der Waals surface area contributed by atoms with E-state index in [1.165, 1.54) is 17.4 Å². The number of anilines is 2. The number of sulfonamides is 1. The minimum Gasteiger partial charge on any atom is -0.313 e. The van der Waals surface area contributed by atoms with E-state index in [4.69, 9.17) is 11.6 Å². The fourth-order valence-corrected chi connectivity index (χ4v) is 5.78. The van der Waals surface area contributed by atoms with Gasteiger partial charge in [-0.05, 0) is 31.9 Å². The number of halogens is 2. The molecule has 1 saturated heterocycles. The Bertz CT molecular complexity index is 1150.